The van der Waals surface area contributed by atoms with Gasteiger partial charge in [0.05, 0.1) is 6.54 Å². The van der Waals surface area contributed by atoms with Crippen molar-refractivity contribution in [3.05, 3.63) is 29.3 Å². The first kappa shape index (κ1) is 18.6. The standard InChI is InChI=1S/C18H25ClN2O3/c1-18(2,3)24-17(23)20-10-8-16(9-11-20)21(12-13-22)15-6-4-14(19)5-7-15/h4-7,13,16H,8-12H2,1-3H3. The number of carbonyl (C=O) groups is 2. The zero-order valence-corrected chi connectivity index (χ0v) is 15.3. The van der Waals surface area contributed by atoms with Gasteiger partial charge in [0.15, 0.2) is 0 Å². The highest BCUT2D eigenvalue weighted by molar-refractivity contribution is 6.30. The van der Waals surface area contributed by atoms with Crippen LogP contribution in [0, 0.1) is 0 Å². The van der Waals surface area contributed by atoms with Crippen molar-refractivity contribution in [2.75, 3.05) is 24.5 Å². The van der Waals surface area contributed by atoms with E-state index in [1.807, 2.05) is 45.0 Å². The number of piperidine rings is 1. The molecule has 0 unspecified atom stereocenters. The van der Waals surface area contributed by atoms with E-state index in [4.69, 9.17) is 16.3 Å². The van der Waals surface area contributed by atoms with E-state index in [0.717, 1.165) is 24.8 Å². The van der Waals surface area contributed by atoms with Crippen LogP contribution in [-0.2, 0) is 9.53 Å². The third-order valence-electron chi connectivity index (χ3n) is 3.99. The number of carbonyl (C=O) groups excluding carboxylic acids is 2. The van der Waals surface area contributed by atoms with Gasteiger partial charge in [0.2, 0.25) is 0 Å². The van der Waals surface area contributed by atoms with Gasteiger partial charge in [-0.3, -0.25) is 0 Å². The number of hydrogen-bond acceptors (Lipinski definition) is 4. The Morgan fingerprint density at radius 2 is 1.88 bits per heavy atom. The minimum absolute atomic E-state index is 0.218. The first-order valence-electron chi connectivity index (χ1n) is 8.24. The molecular weight excluding hydrogens is 328 g/mol. The van der Waals surface area contributed by atoms with Crippen molar-refractivity contribution in [3.8, 4) is 0 Å². The Kier molecular flexibility index (Phi) is 6.10. The minimum Gasteiger partial charge on any atom is -0.444 e. The Morgan fingerprint density at radius 3 is 2.38 bits per heavy atom. The Morgan fingerprint density at radius 1 is 1.29 bits per heavy atom. The maximum absolute atomic E-state index is 12.1. The molecule has 24 heavy (non-hydrogen) atoms. The average molecular weight is 353 g/mol. The van der Waals surface area contributed by atoms with Crippen molar-refractivity contribution in [2.24, 2.45) is 0 Å². The molecule has 0 aliphatic carbocycles. The van der Waals surface area contributed by atoms with E-state index in [9.17, 15) is 9.59 Å². The van der Waals surface area contributed by atoms with Gasteiger partial charge >= 0.3 is 6.09 Å². The number of hydrogen-bond donors (Lipinski definition) is 0. The summed E-state index contributed by atoms with van der Waals surface area (Å²) >= 11 is 5.94. The molecule has 0 saturated carbocycles. The Balaban J connectivity index is 1.99. The topological polar surface area (TPSA) is 49.9 Å². The quantitative estimate of drug-likeness (QED) is 0.774. The molecule has 2 rings (SSSR count). The predicted octanol–water partition coefficient (Wildman–Crippen LogP) is 3.74. The maximum Gasteiger partial charge on any atom is 0.410 e. The van der Waals surface area contributed by atoms with Crippen LogP contribution in [0.4, 0.5) is 10.5 Å². The fourth-order valence-electron chi connectivity index (χ4n) is 2.86. The third kappa shape index (κ3) is 5.13. The van der Waals surface area contributed by atoms with Gasteiger partial charge in [-0.1, -0.05) is 11.6 Å². The third-order valence-corrected chi connectivity index (χ3v) is 4.24. The number of ether oxygens (including phenoxy) is 1. The number of nitrogens with zero attached hydrogens (tertiary/aromatic N) is 2. The van der Waals surface area contributed by atoms with Crippen molar-refractivity contribution >= 4 is 29.7 Å². The number of rotatable bonds is 4. The molecular formula is C18H25ClN2O3. The highest BCUT2D eigenvalue weighted by atomic mass is 35.5. The summed E-state index contributed by atoms with van der Waals surface area (Å²) in [6, 6.07) is 7.71. The smallest absolute Gasteiger partial charge is 0.410 e. The first-order chi connectivity index (χ1) is 11.3. The van der Waals surface area contributed by atoms with Crippen LogP contribution in [0.25, 0.3) is 0 Å². The summed E-state index contributed by atoms with van der Waals surface area (Å²) in [5.41, 5.74) is 0.489. The fourth-order valence-corrected chi connectivity index (χ4v) is 2.99. The molecule has 1 amide bonds. The van der Waals surface area contributed by atoms with Gasteiger partial charge in [-0.15, -0.1) is 0 Å². The van der Waals surface area contributed by atoms with Gasteiger partial charge in [0.25, 0.3) is 0 Å². The molecule has 132 valence electrons. The molecule has 6 heteroatoms. The first-order valence-corrected chi connectivity index (χ1v) is 8.62. The zero-order chi connectivity index (χ0) is 17.7. The predicted molar refractivity (Wildman–Crippen MR) is 95.7 cm³/mol. The maximum atomic E-state index is 12.1. The molecule has 1 saturated heterocycles. The molecule has 1 aliphatic rings. The van der Waals surface area contributed by atoms with Crippen LogP contribution >= 0.6 is 11.6 Å². The lowest BCUT2D eigenvalue weighted by molar-refractivity contribution is -0.106. The molecule has 0 atom stereocenters. The van der Waals surface area contributed by atoms with E-state index < -0.39 is 5.60 Å². The Labute approximate surface area is 148 Å². The SMILES string of the molecule is CC(C)(C)OC(=O)N1CCC(N(CC=O)c2ccc(Cl)cc2)CC1. The fraction of sp³-hybridized carbons (Fsp3) is 0.556. The van der Waals surface area contributed by atoms with E-state index in [1.165, 1.54) is 0 Å². The van der Waals surface area contributed by atoms with Crippen molar-refractivity contribution in [1.29, 1.82) is 0 Å². The molecule has 1 aromatic carbocycles. The monoisotopic (exact) mass is 352 g/mol. The second-order valence-electron chi connectivity index (χ2n) is 6.99. The second-order valence-corrected chi connectivity index (χ2v) is 7.43. The normalized spacial score (nSPS) is 15.9. The lowest BCUT2D eigenvalue weighted by atomic mass is 10.0. The second kappa shape index (κ2) is 7.88. The van der Waals surface area contributed by atoms with Crippen molar-refractivity contribution in [1.82, 2.24) is 4.90 Å². The van der Waals surface area contributed by atoms with Crippen molar-refractivity contribution in [3.63, 3.8) is 0 Å². The molecule has 1 aliphatic heterocycles. The molecule has 0 aromatic heterocycles. The summed E-state index contributed by atoms with van der Waals surface area (Å²) in [4.78, 5) is 27.0. The summed E-state index contributed by atoms with van der Waals surface area (Å²) in [6.45, 7) is 7.18. The molecule has 5 nitrogen and oxygen atoms in total. The number of amides is 1. The Hall–Kier alpha value is -1.75. The highest BCUT2D eigenvalue weighted by Gasteiger charge is 2.29. The average Bonchev–Trinajstić information content (AvgIpc) is 2.52. The number of anilines is 1. The summed E-state index contributed by atoms with van der Waals surface area (Å²) in [6.07, 6.45) is 2.25. The molecule has 0 bridgehead atoms. The number of halogens is 1. The molecule has 0 spiro atoms. The van der Waals surface area contributed by atoms with Gasteiger partial charge in [-0.2, -0.15) is 0 Å². The lowest BCUT2D eigenvalue weighted by Gasteiger charge is -2.39. The highest BCUT2D eigenvalue weighted by Crippen LogP contribution is 2.25. The summed E-state index contributed by atoms with van der Waals surface area (Å²) in [7, 11) is 0. The van der Waals surface area contributed by atoms with Crippen LogP contribution < -0.4 is 4.90 Å². The van der Waals surface area contributed by atoms with Gasteiger partial charge in [0.1, 0.15) is 11.9 Å². The molecule has 1 fully saturated rings. The summed E-state index contributed by atoms with van der Waals surface area (Å²) in [5, 5.41) is 0.671. The molecule has 0 radical (unpaired) electrons. The molecule has 1 aromatic rings. The van der Waals surface area contributed by atoms with E-state index in [0.29, 0.717) is 24.7 Å². The van der Waals surface area contributed by atoms with Crippen LogP contribution in [0.2, 0.25) is 5.02 Å². The van der Waals surface area contributed by atoms with Gasteiger partial charge < -0.3 is 19.3 Å². The number of likely N-dealkylation sites (tertiary alicyclic amines) is 1. The molecule has 0 N–H and O–H groups in total. The van der Waals surface area contributed by atoms with Gasteiger partial charge in [-0.05, 0) is 57.9 Å². The number of benzene rings is 1. The zero-order valence-electron chi connectivity index (χ0n) is 14.5. The van der Waals surface area contributed by atoms with Crippen LogP contribution in [0.1, 0.15) is 33.6 Å². The van der Waals surface area contributed by atoms with Crippen LogP contribution in [0.5, 0.6) is 0 Å². The van der Waals surface area contributed by atoms with Gasteiger partial charge in [0, 0.05) is 29.8 Å². The van der Waals surface area contributed by atoms with Crippen LogP contribution in [0.15, 0.2) is 24.3 Å². The Bertz CT molecular complexity index is 561. The summed E-state index contributed by atoms with van der Waals surface area (Å²) < 4.78 is 5.42. The lowest BCUT2D eigenvalue weighted by Crippen LogP contribution is -2.48. The van der Waals surface area contributed by atoms with E-state index >= 15 is 0 Å². The van der Waals surface area contributed by atoms with Gasteiger partial charge in [-0.25, -0.2) is 4.79 Å². The summed E-state index contributed by atoms with van der Waals surface area (Å²) in [5.74, 6) is 0. The van der Waals surface area contributed by atoms with Crippen LogP contribution in [0.3, 0.4) is 0 Å². The van der Waals surface area contributed by atoms with E-state index in [-0.39, 0.29) is 12.1 Å². The van der Waals surface area contributed by atoms with Crippen molar-refractivity contribution < 1.29 is 14.3 Å². The number of aldehydes is 1. The van der Waals surface area contributed by atoms with Crippen molar-refractivity contribution in [2.45, 2.75) is 45.3 Å². The minimum atomic E-state index is -0.485. The van der Waals surface area contributed by atoms with E-state index in [1.54, 1.807) is 4.90 Å². The largest absolute Gasteiger partial charge is 0.444 e. The van der Waals surface area contributed by atoms with E-state index in [2.05, 4.69) is 4.90 Å². The van der Waals surface area contributed by atoms with Crippen LogP contribution in [-0.4, -0.2) is 48.6 Å². The molecule has 1 heterocycles.